The predicted molar refractivity (Wildman–Crippen MR) is 158 cm³/mol. The van der Waals surface area contributed by atoms with E-state index in [0.717, 1.165) is 33.8 Å². The quantitative estimate of drug-likeness (QED) is 0.309. The van der Waals surface area contributed by atoms with Gasteiger partial charge in [-0.1, -0.05) is 45.4 Å². The molecule has 2 heterocycles. The summed E-state index contributed by atoms with van der Waals surface area (Å²) in [6, 6.07) is 8.29. The molecular formula is C29H36BrF3N4OS. The van der Waals surface area contributed by atoms with E-state index in [1.165, 1.54) is 49.8 Å². The van der Waals surface area contributed by atoms with Gasteiger partial charge in [0.2, 0.25) is 0 Å². The van der Waals surface area contributed by atoms with Crippen molar-refractivity contribution < 1.29 is 17.4 Å². The molecule has 1 aromatic heterocycles. The van der Waals surface area contributed by atoms with E-state index in [1.807, 2.05) is 25.4 Å². The number of nitrogens with one attached hydrogen (secondary N) is 1. The molecule has 3 rings (SSSR count). The van der Waals surface area contributed by atoms with Crippen LogP contribution >= 0.6 is 15.9 Å². The van der Waals surface area contributed by atoms with Gasteiger partial charge in [0, 0.05) is 53.2 Å². The molecule has 0 saturated heterocycles. The summed E-state index contributed by atoms with van der Waals surface area (Å²) >= 11 is 3.62. The van der Waals surface area contributed by atoms with Crippen LogP contribution in [0.2, 0.25) is 0 Å². The van der Waals surface area contributed by atoms with Gasteiger partial charge in [0.05, 0.1) is 16.6 Å². The van der Waals surface area contributed by atoms with E-state index in [9.17, 15) is 17.4 Å². The van der Waals surface area contributed by atoms with Crippen molar-refractivity contribution in [2.24, 2.45) is 10.9 Å². The van der Waals surface area contributed by atoms with Crippen molar-refractivity contribution in [2.75, 3.05) is 13.3 Å². The van der Waals surface area contributed by atoms with E-state index >= 15 is 0 Å². The summed E-state index contributed by atoms with van der Waals surface area (Å²) in [7, 11) is 0.794. The number of alkyl halides is 3. The molecule has 5 nitrogen and oxygen atoms in total. The molecule has 39 heavy (non-hydrogen) atoms. The minimum atomic E-state index is -4.33. The smallest absolute Gasteiger partial charge is 0.344 e. The van der Waals surface area contributed by atoms with Crippen LogP contribution in [0.1, 0.15) is 50.7 Å². The normalized spacial score (nSPS) is 16.7. The Bertz CT molecular complexity index is 1190. The van der Waals surface area contributed by atoms with E-state index in [1.54, 1.807) is 6.20 Å². The summed E-state index contributed by atoms with van der Waals surface area (Å²) < 4.78 is 47.9. The summed E-state index contributed by atoms with van der Waals surface area (Å²) in [5.41, 5.74) is 1.63. The van der Waals surface area contributed by atoms with Crippen LogP contribution in [0.25, 0.3) is 0 Å². The Morgan fingerprint density at radius 3 is 2.33 bits per heavy atom. The molecule has 0 spiro atoms. The van der Waals surface area contributed by atoms with Crippen LogP contribution in [0.4, 0.5) is 13.2 Å². The molecule has 0 saturated carbocycles. The Hall–Kier alpha value is -2.72. The van der Waals surface area contributed by atoms with E-state index in [2.05, 4.69) is 63.7 Å². The first kappa shape index (κ1) is 32.5. The number of hydrogen-bond donors (Lipinski definition) is 1. The summed E-state index contributed by atoms with van der Waals surface area (Å²) in [5, 5.41) is 3.61. The molecule has 1 aliphatic heterocycles. The zero-order valence-corrected chi connectivity index (χ0v) is 25.2. The summed E-state index contributed by atoms with van der Waals surface area (Å²) in [4.78, 5) is 11.5. The van der Waals surface area contributed by atoms with Gasteiger partial charge < -0.3 is 10.2 Å². The predicted octanol–water partition coefficient (Wildman–Crippen LogP) is 7.81. The molecule has 0 radical (unpaired) electrons. The molecule has 1 aromatic carbocycles. The van der Waals surface area contributed by atoms with Gasteiger partial charge >= 0.3 is 6.18 Å². The number of allylic oxidation sites excluding steroid dienone is 3. The fraction of sp³-hybridized carbons (Fsp3) is 0.379. The molecule has 1 aliphatic rings. The highest BCUT2D eigenvalue weighted by Crippen LogP contribution is 2.30. The lowest BCUT2D eigenvalue weighted by Gasteiger charge is -2.34. The molecule has 0 fully saturated rings. The van der Waals surface area contributed by atoms with E-state index in [4.69, 9.17) is 4.99 Å². The Kier molecular flexibility index (Phi) is 13.1. The first-order chi connectivity index (χ1) is 18.5. The van der Waals surface area contributed by atoms with Crippen LogP contribution in [0.3, 0.4) is 0 Å². The summed E-state index contributed by atoms with van der Waals surface area (Å²) in [5.74, 6) is 2.45. The van der Waals surface area contributed by atoms with Crippen molar-refractivity contribution in [3.8, 4) is 0 Å². The molecule has 0 aliphatic carbocycles. The third-order valence-electron chi connectivity index (χ3n) is 6.01. The number of halogens is 4. The zero-order chi connectivity index (χ0) is 29.0. The van der Waals surface area contributed by atoms with Gasteiger partial charge in [-0.25, -0.2) is 0 Å². The number of likely N-dealkylation sites (N-methyl/N-ethyl adjacent to an activating group) is 1. The van der Waals surface area contributed by atoms with Crippen LogP contribution < -0.4 is 5.32 Å². The molecule has 1 N–H and O–H groups in total. The number of nitrogens with zero attached hydrogens (tertiary/aromatic N) is 3. The Balaban J connectivity index is 0.000000344. The van der Waals surface area contributed by atoms with Crippen LogP contribution in [-0.2, 0) is 23.5 Å². The van der Waals surface area contributed by atoms with Crippen LogP contribution in [0, 0.1) is 5.92 Å². The first-order valence-corrected chi connectivity index (χ1v) is 15.0. The maximum absolute atomic E-state index is 12.0. The number of aromatic nitrogens is 1. The number of pyridine rings is 1. The molecule has 10 heteroatoms. The number of aliphatic imine (C=N–C) groups is 1. The summed E-state index contributed by atoms with van der Waals surface area (Å²) in [6.45, 7) is 8.99. The van der Waals surface area contributed by atoms with Gasteiger partial charge in [0.25, 0.3) is 0 Å². The Labute approximate surface area is 240 Å². The fourth-order valence-electron chi connectivity index (χ4n) is 3.95. The third-order valence-corrected chi connectivity index (χ3v) is 7.64. The topological polar surface area (TPSA) is 57.6 Å². The number of amidine groups is 1. The van der Waals surface area contributed by atoms with E-state index in [0.29, 0.717) is 17.4 Å². The Morgan fingerprint density at radius 1 is 1.21 bits per heavy atom. The van der Waals surface area contributed by atoms with Gasteiger partial charge in [0.1, 0.15) is 11.7 Å². The average molecular weight is 626 g/mol. The first-order valence-electron chi connectivity index (χ1n) is 12.7. The number of hydrogen-bond acceptors (Lipinski definition) is 4. The fourth-order valence-corrected chi connectivity index (χ4v) is 4.83. The standard InChI is InChI=1S/C21H29BrN4.C8H7F3OS/c1-5-9-17(10-6-2)19-13-20(24-15-16-11-8-12-23-14-16)26(4)21(25-19)18(22)7-3;1-13(12)7-4-2-6(3-5-7)8(9,10)11/h7-8,11-14,17,25H,3,5-6,9-10,15H2,1-2,4H3;2-5H,1H3/b21-18+,24-20?;. The van der Waals surface area contributed by atoms with Crippen molar-refractivity contribution >= 4 is 32.6 Å². The SMILES string of the molecule is C=C/C(Br)=C1/NC(C(CCC)CCC)=CC(=NCc2cccnc2)N1C.CS(=O)c1ccc(C(F)(F)F)cc1. The average Bonchev–Trinajstić information content (AvgIpc) is 2.92. The second-order valence-corrected chi connectivity index (χ2v) is 11.2. The molecular weight excluding hydrogens is 589 g/mol. The maximum Gasteiger partial charge on any atom is 0.416 e. The minimum Gasteiger partial charge on any atom is -0.344 e. The third kappa shape index (κ3) is 10.1. The lowest BCUT2D eigenvalue weighted by Crippen LogP contribution is -2.40. The number of rotatable bonds is 9. The second-order valence-electron chi connectivity index (χ2n) is 8.97. The van der Waals surface area contributed by atoms with E-state index < -0.39 is 22.5 Å². The Morgan fingerprint density at radius 2 is 1.85 bits per heavy atom. The summed E-state index contributed by atoms with van der Waals surface area (Å²) in [6.07, 6.45) is 9.44. The van der Waals surface area contributed by atoms with Crippen molar-refractivity contribution in [1.82, 2.24) is 15.2 Å². The minimum absolute atomic E-state index is 0.396. The highest BCUT2D eigenvalue weighted by Gasteiger charge is 2.30. The maximum atomic E-state index is 12.0. The lowest BCUT2D eigenvalue weighted by molar-refractivity contribution is -0.137. The molecule has 212 valence electrons. The highest BCUT2D eigenvalue weighted by atomic mass is 79.9. The van der Waals surface area contributed by atoms with Gasteiger partial charge in [-0.3, -0.25) is 14.2 Å². The monoisotopic (exact) mass is 624 g/mol. The molecule has 1 unspecified atom stereocenters. The highest BCUT2D eigenvalue weighted by molar-refractivity contribution is 9.11. The van der Waals surface area contributed by atoms with Gasteiger partial charge in [-0.2, -0.15) is 13.2 Å². The van der Waals surface area contributed by atoms with Gasteiger partial charge in [-0.05, 0) is 70.6 Å². The molecule has 0 bridgehead atoms. The van der Waals surface area contributed by atoms with Crippen LogP contribution in [-0.4, -0.2) is 33.2 Å². The van der Waals surface area contributed by atoms with Gasteiger partial charge in [-0.15, -0.1) is 0 Å². The van der Waals surface area contributed by atoms with Crippen LogP contribution in [0.15, 0.2) is 93.4 Å². The van der Waals surface area contributed by atoms with Crippen molar-refractivity contribution in [3.63, 3.8) is 0 Å². The van der Waals surface area contributed by atoms with Crippen LogP contribution in [0.5, 0.6) is 0 Å². The van der Waals surface area contributed by atoms with E-state index in [-0.39, 0.29) is 0 Å². The number of benzene rings is 1. The largest absolute Gasteiger partial charge is 0.416 e. The molecule has 0 amide bonds. The molecule has 1 atom stereocenters. The zero-order valence-electron chi connectivity index (χ0n) is 22.8. The second kappa shape index (κ2) is 15.8. The lowest BCUT2D eigenvalue weighted by atomic mass is 9.93. The van der Waals surface area contributed by atoms with Crippen molar-refractivity contribution in [1.29, 1.82) is 0 Å². The van der Waals surface area contributed by atoms with Crippen molar-refractivity contribution in [2.45, 2.75) is 57.1 Å². The molecule has 2 aromatic rings. The van der Waals surface area contributed by atoms with Crippen molar-refractivity contribution in [3.05, 3.63) is 94.7 Å². The van der Waals surface area contributed by atoms with Gasteiger partial charge in [0.15, 0.2) is 0 Å².